The minimum absolute atomic E-state index is 0.748. The molecule has 0 fully saturated rings. The molecule has 1 aromatic rings. The Kier molecular flexibility index (Phi) is 6.90. The van der Waals surface area contributed by atoms with Crippen molar-refractivity contribution in [1.29, 1.82) is 0 Å². The number of nitrogens with zero attached hydrogens (tertiary/aromatic N) is 2. The zero-order chi connectivity index (χ0) is 11.6. The molecule has 0 aliphatic heterocycles. The van der Waals surface area contributed by atoms with E-state index in [0.717, 1.165) is 19.1 Å². The van der Waals surface area contributed by atoms with E-state index in [-0.39, 0.29) is 0 Å². The van der Waals surface area contributed by atoms with Crippen molar-refractivity contribution in [2.75, 3.05) is 13.7 Å². The van der Waals surface area contributed by atoms with Gasteiger partial charge in [-0.15, -0.1) is 0 Å². The van der Waals surface area contributed by atoms with Crippen LogP contribution >= 0.6 is 0 Å². The quantitative estimate of drug-likeness (QED) is 0.603. The number of unbranched alkanes of at least 4 members (excludes halogenated alkanes) is 2. The number of aromatic nitrogens is 2. The van der Waals surface area contributed by atoms with Gasteiger partial charge in [-0.2, -0.15) is 0 Å². The first kappa shape index (κ1) is 13.2. The van der Waals surface area contributed by atoms with E-state index in [2.05, 4.69) is 16.5 Å². The third-order valence-electron chi connectivity index (χ3n) is 3.07. The van der Waals surface area contributed by atoms with Crippen molar-refractivity contribution in [3.05, 3.63) is 18.7 Å². The summed E-state index contributed by atoms with van der Waals surface area (Å²) in [6.07, 6.45) is 12.2. The second-order valence-electron chi connectivity index (χ2n) is 4.38. The smallest absolute Gasteiger partial charge is 0.0945 e. The first-order valence-electron chi connectivity index (χ1n) is 6.31. The molecule has 0 saturated heterocycles. The third-order valence-corrected chi connectivity index (χ3v) is 3.07. The number of hydrogen-bond donors (Lipinski definition) is 0. The average Bonchev–Trinajstić information content (AvgIpc) is 2.80. The van der Waals surface area contributed by atoms with Crippen molar-refractivity contribution in [3.63, 3.8) is 0 Å². The molecule has 0 N–H and O–H groups in total. The lowest BCUT2D eigenvalue weighted by Gasteiger charge is -2.13. The second kappa shape index (κ2) is 8.34. The van der Waals surface area contributed by atoms with Crippen LogP contribution in [-0.2, 0) is 11.3 Å². The fourth-order valence-corrected chi connectivity index (χ4v) is 1.96. The summed E-state index contributed by atoms with van der Waals surface area (Å²) in [5.41, 5.74) is 0. The lowest BCUT2D eigenvalue weighted by molar-refractivity contribution is 0.144. The maximum absolute atomic E-state index is 5.20. The average molecular weight is 224 g/mol. The molecule has 0 aliphatic rings. The minimum atomic E-state index is 0.748. The van der Waals surface area contributed by atoms with Gasteiger partial charge in [-0.05, 0) is 18.8 Å². The molecule has 0 aliphatic carbocycles. The summed E-state index contributed by atoms with van der Waals surface area (Å²) >= 11 is 0. The van der Waals surface area contributed by atoms with Crippen LogP contribution < -0.4 is 0 Å². The van der Waals surface area contributed by atoms with Crippen LogP contribution in [0.15, 0.2) is 18.7 Å². The molecule has 3 heteroatoms. The molecule has 3 nitrogen and oxygen atoms in total. The Bertz CT molecular complexity index is 246. The molecule has 0 radical (unpaired) electrons. The van der Waals surface area contributed by atoms with Gasteiger partial charge in [-0.1, -0.05) is 26.2 Å². The van der Waals surface area contributed by atoms with E-state index in [9.17, 15) is 0 Å². The highest BCUT2D eigenvalue weighted by Crippen LogP contribution is 2.14. The van der Waals surface area contributed by atoms with Gasteiger partial charge in [-0.25, -0.2) is 4.98 Å². The van der Waals surface area contributed by atoms with Crippen molar-refractivity contribution in [1.82, 2.24) is 9.55 Å². The third kappa shape index (κ3) is 5.31. The molecular weight excluding hydrogens is 200 g/mol. The number of imidazole rings is 1. The number of hydrogen-bond acceptors (Lipinski definition) is 2. The van der Waals surface area contributed by atoms with Crippen LogP contribution in [-0.4, -0.2) is 23.3 Å². The number of aryl methyl sites for hydroxylation is 1. The van der Waals surface area contributed by atoms with Crippen molar-refractivity contribution in [2.45, 2.75) is 45.6 Å². The van der Waals surface area contributed by atoms with Gasteiger partial charge in [0, 0.05) is 32.7 Å². The summed E-state index contributed by atoms with van der Waals surface area (Å²) < 4.78 is 7.34. The number of ether oxygens (including phenoxy) is 1. The van der Waals surface area contributed by atoms with Gasteiger partial charge >= 0.3 is 0 Å². The fourth-order valence-electron chi connectivity index (χ4n) is 1.96. The Morgan fingerprint density at radius 2 is 2.19 bits per heavy atom. The first-order valence-corrected chi connectivity index (χ1v) is 6.31. The van der Waals surface area contributed by atoms with Crippen LogP contribution in [0.4, 0.5) is 0 Å². The second-order valence-corrected chi connectivity index (χ2v) is 4.38. The van der Waals surface area contributed by atoms with Gasteiger partial charge in [0.15, 0.2) is 0 Å². The van der Waals surface area contributed by atoms with E-state index in [1.165, 1.54) is 32.1 Å². The summed E-state index contributed by atoms with van der Waals surface area (Å²) in [6.45, 7) is 4.26. The molecule has 16 heavy (non-hydrogen) atoms. The van der Waals surface area contributed by atoms with E-state index in [0.29, 0.717) is 0 Å². The Morgan fingerprint density at radius 1 is 1.31 bits per heavy atom. The monoisotopic (exact) mass is 224 g/mol. The zero-order valence-electron chi connectivity index (χ0n) is 10.6. The van der Waals surface area contributed by atoms with Gasteiger partial charge in [0.2, 0.25) is 0 Å². The lowest BCUT2D eigenvalue weighted by Crippen LogP contribution is -2.06. The Morgan fingerprint density at radius 3 is 2.81 bits per heavy atom. The van der Waals surface area contributed by atoms with Gasteiger partial charge < -0.3 is 9.30 Å². The summed E-state index contributed by atoms with van der Waals surface area (Å²) in [7, 11) is 1.79. The lowest BCUT2D eigenvalue weighted by atomic mass is 9.99. The predicted octanol–water partition coefficient (Wildman–Crippen LogP) is 3.12. The molecule has 0 amide bonds. The predicted molar refractivity (Wildman–Crippen MR) is 66.4 cm³/mol. The standard InChI is InChI=1S/C13H24N2O/c1-3-13(11-16-2)7-5-4-6-9-15-10-8-14-12-15/h8,10,12-13H,3-7,9,11H2,1-2H3. The van der Waals surface area contributed by atoms with E-state index < -0.39 is 0 Å². The van der Waals surface area contributed by atoms with Gasteiger partial charge in [0.25, 0.3) is 0 Å². The highest BCUT2D eigenvalue weighted by atomic mass is 16.5. The summed E-state index contributed by atoms with van der Waals surface area (Å²) in [5, 5.41) is 0. The molecule has 0 aromatic carbocycles. The van der Waals surface area contributed by atoms with Crippen LogP contribution in [0.2, 0.25) is 0 Å². The van der Waals surface area contributed by atoms with E-state index in [1.54, 1.807) is 7.11 Å². The minimum Gasteiger partial charge on any atom is -0.384 e. The van der Waals surface area contributed by atoms with E-state index >= 15 is 0 Å². The largest absolute Gasteiger partial charge is 0.384 e. The maximum Gasteiger partial charge on any atom is 0.0945 e. The molecule has 1 heterocycles. The molecule has 1 rings (SSSR count). The Labute approximate surface area is 98.8 Å². The van der Waals surface area contributed by atoms with Crippen molar-refractivity contribution in [2.24, 2.45) is 5.92 Å². The van der Waals surface area contributed by atoms with Crippen LogP contribution in [0.1, 0.15) is 39.0 Å². The molecule has 0 spiro atoms. The van der Waals surface area contributed by atoms with Gasteiger partial charge in [-0.3, -0.25) is 0 Å². The molecular formula is C13H24N2O. The number of methoxy groups -OCH3 is 1. The zero-order valence-corrected chi connectivity index (χ0v) is 10.6. The summed E-state index contributed by atoms with van der Waals surface area (Å²) in [5.74, 6) is 0.748. The van der Waals surface area contributed by atoms with Crippen LogP contribution in [0, 0.1) is 5.92 Å². The molecule has 1 unspecified atom stereocenters. The summed E-state index contributed by atoms with van der Waals surface area (Å²) in [6, 6.07) is 0. The van der Waals surface area contributed by atoms with Crippen LogP contribution in [0.5, 0.6) is 0 Å². The fraction of sp³-hybridized carbons (Fsp3) is 0.769. The Hall–Kier alpha value is -0.830. The van der Waals surface area contributed by atoms with Crippen LogP contribution in [0.25, 0.3) is 0 Å². The van der Waals surface area contributed by atoms with Gasteiger partial charge in [0.05, 0.1) is 6.33 Å². The van der Waals surface area contributed by atoms with E-state index in [1.807, 2.05) is 18.7 Å². The van der Waals surface area contributed by atoms with Crippen LogP contribution in [0.3, 0.4) is 0 Å². The number of rotatable bonds is 9. The molecule has 1 atom stereocenters. The molecule has 0 bridgehead atoms. The van der Waals surface area contributed by atoms with Crippen molar-refractivity contribution in [3.8, 4) is 0 Å². The van der Waals surface area contributed by atoms with Crippen molar-refractivity contribution >= 4 is 0 Å². The SMILES string of the molecule is CCC(CCCCCn1ccnc1)COC. The highest BCUT2D eigenvalue weighted by molar-refractivity contribution is 4.73. The molecule has 92 valence electrons. The molecule has 1 aromatic heterocycles. The normalized spacial score (nSPS) is 12.9. The Balaban J connectivity index is 1.98. The maximum atomic E-state index is 5.20. The van der Waals surface area contributed by atoms with E-state index in [4.69, 9.17) is 4.74 Å². The van der Waals surface area contributed by atoms with Crippen molar-refractivity contribution < 1.29 is 4.74 Å². The summed E-state index contributed by atoms with van der Waals surface area (Å²) in [4.78, 5) is 4.03. The first-order chi connectivity index (χ1) is 7.86. The highest BCUT2D eigenvalue weighted by Gasteiger charge is 2.04. The molecule has 0 saturated carbocycles. The van der Waals surface area contributed by atoms with Gasteiger partial charge in [0.1, 0.15) is 0 Å². The topological polar surface area (TPSA) is 27.1 Å².